The highest BCUT2D eigenvalue weighted by Gasteiger charge is 2.13. The summed E-state index contributed by atoms with van der Waals surface area (Å²) in [6.07, 6.45) is 0. The predicted molar refractivity (Wildman–Crippen MR) is 77.0 cm³/mol. The van der Waals surface area contributed by atoms with Gasteiger partial charge < -0.3 is 14.1 Å². The van der Waals surface area contributed by atoms with Gasteiger partial charge in [0.25, 0.3) is 5.91 Å². The molecule has 0 unspecified atom stereocenters. The molecule has 7 heteroatoms. The van der Waals surface area contributed by atoms with Crippen molar-refractivity contribution in [3.05, 3.63) is 40.8 Å². The van der Waals surface area contributed by atoms with Crippen LogP contribution in [-0.4, -0.2) is 23.0 Å². The molecule has 0 saturated carbocycles. The Morgan fingerprint density at radius 1 is 1.40 bits per heavy atom. The first kappa shape index (κ1) is 12.7. The summed E-state index contributed by atoms with van der Waals surface area (Å²) < 4.78 is 10.8. The van der Waals surface area contributed by atoms with Gasteiger partial charge in [0.15, 0.2) is 10.4 Å². The van der Waals surface area contributed by atoms with Crippen molar-refractivity contribution in [2.24, 2.45) is 0 Å². The standard InChI is InChI=1S/C13H10BrN3O3/c1-19-7-2-3-8-9(6-7)16-13(15-8)17-12(18)10-4-5-11(14)20-10/h2-6H,1H3,(H2,15,16,17,18). The zero-order valence-electron chi connectivity index (χ0n) is 10.4. The van der Waals surface area contributed by atoms with Crippen LogP contribution in [0.25, 0.3) is 11.0 Å². The zero-order chi connectivity index (χ0) is 14.1. The van der Waals surface area contributed by atoms with E-state index in [1.54, 1.807) is 25.3 Å². The van der Waals surface area contributed by atoms with Crippen LogP contribution >= 0.6 is 15.9 Å². The number of furan rings is 1. The molecule has 20 heavy (non-hydrogen) atoms. The molecular weight excluding hydrogens is 326 g/mol. The largest absolute Gasteiger partial charge is 0.497 e. The van der Waals surface area contributed by atoms with Crippen LogP contribution in [0.1, 0.15) is 10.6 Å². The lowest BCUT2D eigenvalue weighted by atomic mass is 10.3. The Labute approximate surface area is 122 Å². The van der Waals surface area contributed by atoms with Gasteiger partial charge in [-0.3, -0.25) is 10.1 Å². The van der Waals surface area contributed by atoms with Crippen LogP contribution in [0.3, 0.4) is 0 Å². The quantitative estimate of drug-likeness (QED) is 0.770. The van der Waals surface area contributed by atoms with E-state index in [1.165, 1.54) is 0 Å². The molecule has 6 nitrogen and oxygen atoms in total. The monoisotopic (exact) mass is 335 g/mol. The number of hydrogen-bond acceptors (Lipinski definition) is 4. The summed E-state index contributed by atoms with van der Waals surface area (Å²) in [6.45, 7) is 0. The third kappa shape index (κ3) is 2.39. The molecule has 0 radical (unpaired) electrons. The molecule has 1 aromatic carbocycles. The predicted octanol–water partition coefficient (Wildman–Crippen LogP) is 3.18. The molecule has 0 bridgehead atoms. The summed E-state index contributed by atoms with van der Waals surface area (Å²) in [5.74, 6) is 0.899. The fourth-order valence-corrected chi connectivity index (χ4v) is 2.09. The number of ether oxygens (including phenoxy) is 1. The molecule has 0 saturated heterocycles. The highest BCUT2D eigenvalue weighted by Crippen LogP contribution is 2.21. The van der Waals surface area contributed by atoms with Gasteiger partial charge in [-0.25, -0.2) is 4.98 Å². The van der Waals surface area contributed by atoms with Gasteiger partial charge in [-0.1, -0.05) is 0 Å². The SMILES string of the molecule is COc1ccc2nc(NC(=O)c3ccc(Br)o3)[nH]c2c1. The number of rotatable bonds is 3. The van der Waals surface area contributed by atoms with Crippen LogP contribution in [0, 0.1) is 0 Å². The molecule has 0 aliphatic carbocycles. The average molecular weight is 336 g/mol. The Hall–Kier alpha value is -2.28. The number of aromatic amines is 1. The number of aromatic nitrogens is 2. The second-order valence-corrected chi connectivity index (χ2v) is 4.81. The molecule has 0 aliphatic heterocycles. The third-order valence-electron chi connectivity index (χ3n) is 2.72. The number of H-pyrrole nitrogens is 1. The van der Waals surface area contributed by atoms with Crippen LogP contribution in [0.4, 0.5) is 5.95 Å². The smallest absolute Gasteiger partial charge is 0.293 e. The van der Waals surface area contributed by atoms with E-state index in [4.69, 9.17) is 9.15 Å². The number of halogens is 1. The second kappa shape index (κ2) is 5.01. The van der Waals surface area contributed by atoms with Gasteiger partial charge in [-0.2, -0.15) is 0 Å². The number of carbonyl (C=O) groups excluding carboxylic acids is 1. The van der Waals surface area contributed by atoms with Crippen LogP contribution in [0.2, 0.25) is 0 Å². The number of carbonyl (C=O) groups is 1. The number of benzene rings is 1. The number of nitrogens with one attached hydrogen (secondary N) is 2. The summed E-state index contributed by atoms with van der Waals surface area (Å²) in [7, 11) is 1.59. The molecular formula is C13H10BrN3O3. The molecule has 0 aliphatic rings. The number of imidazole rings is 1. The lowest BCUT2D eigenvalue weighted by Gasteiger charge is -1.97. The molecule has 3 rings (SSSR count). The van der Waals surface area contributed by atoms with Crippen molar-refractivity contribution >= 4 is 38.8 Å². The average Bonchev–Trinajstić information content (AvgIpc) is 3.03. The Balaban J connectivity index is 1.85. The highest BCUT2D eigenvalue weighted by atomic mass is 79.9. The Morgan fingerprint density at radius 2 is 2.25 bits per heavy atom. The van der Waals surface area contributed by atoms with Crippen molar-refractivity contribution in [1.82, 2.24) is 9.97 Å². The topological polar surface area (TPSA) is 80.2 Å². The maximum Gasteiger partial charge on any atom is 0.293 e. The van der Waals surface area contributed by atoms with E-state index in [0.29, 0.717) is 16.4 Å². The van der Waals surface area contributed by atoms with Crippen LogP contribution < -0.4 is 10.1 Å². The summed E-state index contributed by atoms with van der Waals surface area (Å²) in [5, 5.41) is 2.64. The van der Waals surface area contributed by atoms with E-state index < -0.39 is 0 Å². The van der Waals surface area contributed by atoms with Gasteiger partial charge in [-0.05, 0) is 40.2 Å². The first-order valence-corrected chi connectivity index (χ1v) is 6.55. The van der Waals surface area contributed by atoms with Crippen LogP contribution in [0.15, 0.2) is 39.4 Å². The van der Waals surface area contributed by atoms with Crippen molar-refractivity contribution in [2.45, 2.75) is 0 Å². The first-order chi connectivity index (χ1) is 9.65. The maximum atomic E-state index is 11.9. The summed E-state index contributed by atoms with van der Waals surface area (Å²) in [4.78, 5) is 19.2. The summed E-state index contributed by atoms with van der Waals surface area (Å²) >= 11 is 3.15. The highest BCUT2D eigenvalue weighted by molar-refractivity contribution is 9.10. The van der Waals surface area contributed by atoms with Gasteiger partial charge >= 0.3 is 0 Å². The fourth-order valence-electron chi connectivity index (χ4n) is 1.78. The second-order valence-electron chi connectivity index (χ2n) is 4.03. The van der Waals surface area contributed by atoms with Crippen molar-refractivity contribution in [1.29, 1.82) is 0 Å². The number of methoxy groups -OCH3 is 1. The number of nitrogens with zero attached hydrogens (tertiary/aromatic N) is 1. The van der Waals surface area contributed by atoms with Gasteiger partial charge in [0.1, 0.15) is 5.75 Å². The van der Waals surface area contributed by atoms with E-state index in [0.717, 1.165) is 11.0 Å². The molecule has 3 aromatic rings. The number of fused-ring (bicyclic) bond motifs is 1. The third-order valence-corrected chi connectivity index (χ3v) is 3.14. The van der Waals surface area contributed by atoms with Crippen LogP contribution in [-0.2, 0) is 0 Å². The molecule has 0 atom stereocenters. The molecule has 1 amide bonds. The van der Waals surface area contributed by atoms with Gasteiger partial charge in [0, 0.05) is 6.07 Å². The summed E-state index contributed by atoms with van der Waals surface area (Å²) in [6, 6.07) is 8.65. The van der Waals surface area contributed by atoms with Crippen molar-refractivity contribution in [2.75, 3.05) is 12.4 Å². The Kier molecular flexibility index (Phi) is 3.19. The number of anilines is 1. The lowest BCUT2D eigenvalue weighted by Crippen LogP contribution is -2.11. The minimum absolute atomic E-state index is 0.204. The van der Waals surface area contributed by atoms with E-state index in [-0.39, 0.29) is 11.7 Å². The summed E-state index contributed by atoms with van der Waals surface area (Å²) in [5.41, 5.74) is 1.52. The molecule has 2 heterocycles. The first-order valence-electron chi connectivity index (χ1n) is 5.76. The molecule has 102 valence electrons. The van der Waals surface area contributed by atoms with E-state index in [9.17, 15) is 4.79 Å². The van der Waals surface area contributed by atoms with Crippen LogP contribution in [0.5, 0.6) is 5.75 Å². The van der Waals surface area contributed by atoms with E-state index >= 15 is 0 Å². The minimum atomic E-state index is -0.373. The van der Waals surface area contributed by atoms with E-state index in [2.05, 4.69) is 31.2 Å². The zero-order valence-corrected chi connectivity index (χ0v) is 12.0. The maximum absolute atomic E-state index is 11.9. The normalized spacial score (nSPS) is 10.7. The molecule has 0 fully saturated rings. The molecule has 2 aromatic heterocycles. The van der Waals surface area contributed by atoms with Gasteiger partial charge in [-0.15, -0.1) is 0 Å². The van der Waals surface area contributed by atoms with Gasteiger partial charge in [0.2, 0.25) is 5.95 Å². The van der Waals surface area contributed by atoms with E-state index in [1.807, 2.05) is 12.1 Å². The van der Waals surface area contributed by atoms with Crippen molar-refractivity contribution < 1.29 is 13.9 Å². The van der Waals surface area contributed by atoms with Gasteiger partial charge in [0.05, 0.1) is 18.1 Å². The molecule has 0 spiro atoms. The Bertz CT molecular complexity index is 778. The molecule has 2 N–H and O–H groups in total. The number of hydrogen-bond donors (Lipinski definition) is 2. The Morgan fingerprint density at radius 3 is 2.95 bits per heavy atom. The lowest BCUT2D eigenvalue weighted by molar-refractivity contribution is 0.0994. The number of amides is 1. The van der Waals surface area contributed by atoms with Crippen molar-refractivity contribution in [3.8, 4) is 5.75 Å². The minimum Gasteiger partial charge on any atom is -0.497 e. The van der Waals surface area contributed by atoms with Crippen molar-refractivity contribution in [3.63, 3.8) is 0 Å². The fraction of sp³-hybridized carbons (Fsp3) is 0.0769.